The van der Waals surface area contributed by atoms with E-state index in [4.69, 9.17) is 10.2 Å². The van der Waals surface area contributed by atoms with Gasteiger partial charge in [-0.1, -0.05) is 26.8 Å². The highest BCUT2D eigenvalue weighted by atomic mass is 32.2. The van der Waals surface area contributed by atoms with Crippen LogP contribution in [0.5, 0.6) is 0 Å². The van der Waals surface area contributed by atoms with Crippen molar-refractivity contribution < 1.29 is 4.42 Å². The molecular weight excluding hydrogens is 232 g/mol. The number of thioether (sulfide) groups is 1. The molecule has 0 fully saturated rings. The summed E-state index contributed by atoms with van der Waals surface area (Å²) in [7, 11) is 0. The molecule has 2 rings (SSSR count). The van der Waals surface area contributed by atoms with E-state index in [-0.39, 0.29) is 0 Å². The Morgan fingerprint density at radius 1 is 1.35 bits per heavy atom. The number of fused-ring (bicyclic) bond motifs is 1. The van der Waals surface area contributed by atoms with Crippen LogP contribution >= 0.6 is 11.8 Å². The number of oxazole rings is 1. The summed E-state index contributed by atoms with van der Waals surface area (Å²) in [5.74, 6) is 2.22. The molecule has 0 amide bonds. The average Bonchev–Trinajstić information content (AvgIpc) is 2.70. The SMILES string of the molecule is CC(C)C(C)SCc1nc2c(N)cccc2o1. The number of nitrogens with two attached hydrogens (primary N) is 1. The molecule has 0 spiro atoms. The molecule has 1 atom stereocenters. The molecule has 0 saturated carbocycles. The zero-order valence-electron chi connectivity index (χ0n) is 10.4. The van der Waals surface area contributed by atoms with Gasteiger partial charge < -0.3 is 10.2 Å². The minimum absolute atomic E-state index is 0.599. The Bertz CT molecular complexity index is 507. The Morgan fingerprint density at radius 2 is 2.12 bits per heavy atom. The molecule has 4 heteroatoms. The summed E-state index contributed by atoms with van der Waals surface area (Å²) in [6.07, 6.45) is 0. The Hall–Kier alpha value is -1.16. The fourth-order valence-corrected chi connectivity index (χ4v) is 2.39. The monoisotopic (exact) mass is 250 g/mol. The maximum atomic E-state index is 5.84. The predicted octanol–water partition coefficient (Wildman–Crippen LogP) is 3.69. The summed E-state index contributed by atoms with van der Waals surface area (Å²) in [6, 6.07) is 5.63. The van der Waals surface area contributed by atoms with Gasteiger partial charge in [-0.15, -0.1) is 11.8 Å². The molecular formula is C13H18N2OS. The zero-order chi connectivity index (χ0) is 12.4. The standard InChI is InChI=1S/C13H18N2OS/c1-8(2)9(3)17-7-12-15-13-10(14)5-4-6-11(13)16-12/h4-6,8-9H,7,14H2,1-3H3. The molecule has 1 aromatic heterocycles. The number of anilines is 1. The normalized spacial score (nSPS) is 13.4. The highest BCUT2D eigenvalue weighted by Gasteiger charge is 2.12. The number of nitrogen functional groups attached to an aromatic ring is 1. The highest BCUT2D eigenvalue weighted by molar-refractivity contribution is 7.99. The second-order valence-electron chi connectivity index (χ2n) is 4.56. The fourth-order valence-electron chi connectivity index (χ4n) is 1.47. The predicted molar refractivity (Wildman–Crippen MR) is 74.0 cm³/mol. The van der Waals surface area contributed by atoms with Crippen LogP contribution in [0.2, 0.25) is 0 Å². The van der Waals surface area contributed by atoms with Gasteiger partial charge in [-0.2, -0.15) is 0 Å². The Balaban J connectivity index is 2.12. The van der Waals surface area contributed by atoms with Crippen LogP contribution in [0.1, 0.15) is 26.7 Å². The molecule has 2 aromatic rings. The molecule has 0 aliphatic heterocycles. The summed E-state index contributed by atoms with van der Waals surface area (Å²) in [6.45, 7) is 6.68. The largest absolute Gasteiger partial charge is 0.440 e. The van der Waals surface area contributed by atoms with Gasteiger partial charge in [0, 0.05) is 5.25 Å². The van der Waals surface area contributed by atoms with Gasteiger partial charge in [-0.3, -0.25) is 0 Å². The second-order valence-corrected chi connectivity index (χ2v) is 5.93. The summed E-state index contributed by atoms with van der Waals surface area (Å²) in [4.78, 5) is 4.43. The number of hydrogen-bond acceptors (Lipinski definition) is 4. The lowest BCUT2D eigenvalue weighted by Crippen LogP contribution is -2.05. The van der Waals surface area contributed by atoms with Gasteiger partial charge in [0.2, 0.25) is 5.89 Å². The van der Waals surface area contributed by atoms with Crippen molar-refractivity contribution in [2.75, 3.05) is 5.73 Å². The molecule has 0 bridgehead atoms. The molecule has 1 heterocycles. The second kappa shape index (κ2) is 5.00. The van der Waals surface area contributed by atoms with Gasteiger partial charge in [0.05, 0.1) is 11.4 Å². The highest BCUT2D eigenvalue weighted by Crippen LogP contribution is 2.26. The van der Waals surface area contributed by atoms with E-state index in [0.29, 0.717) is 16.9 Å². The Morgan fingerprint density at radius 3 is 2.76 bits per heavy atom. The van der Waals surface area contributed by atoms with Crippen molar-refractivity contribution in [2.24, 2.45) is 5.92 Å². The van der Waals surface area contributed by atoms with E-state index in [9.17, 15) is 0 Å². The summed E-state index contributed by atoms with van der Waals surface area (Å²) >= 11 is 1.86. The smallest absolute Gasteiger partial charge is 0.205 e. The molecule has 0 aliphatic carbocycles. The minimum Gasteiger partial charge on any atom is -0.440 e. The molecule has 1 unspecified atom stereocenters. The van der Waals surface area contributed by atoms with Crippen LogP contribution in [0.4, 0.5) is 5.69 Å². The third kappa shape index (κ3) is 2.75. The van der Waals surface area contributed by atoms with Crippen molar-refractivity contribution in [2.45, 2.75) is 31.8 Å². The van der Waals surface area contributed by atoms with Crippen LogP contribution in [-0.4, -0.2) is 10.2 Å². The summed E-state index contributed by atoms with van der Waals surface area (Å²) in [5.41, 5.74) is 8.08. The number of nitrogens with zero attached hydrogens (tertiary/aromatic N) is 1. The maximum Gasteiger partial charge on any atom is 0.205 e. The molecule has 0 radical (unpaired) electrons. The molecule has 92 valence electrons. The van der Waals surface area contributed by atoms with Crippen molar-refractivity contribution in [1.82, 2.24) is 4.98 Å². The topological polar surface area (TPSA) is 52.0 Å². The molecule has 0 aliphatic rings. The fraction of sp³-hybridized carbons (Fsp3) is 0.462. The summed E-state index contributed by atoms with van der Waals surface area (Å²) < 4.78 is 5.67. The zero-order valence-corrected chi connectivity index (χ0v) is 11.3. The van der Waals surface area contributed by atoms with E-state index in [1.165, 1.54) is 0 Å². The lowest BCUT2D eigenvalue weighted by Gasteiger charge is -2.13. The number of aromatic nitrogens is 1. The molecule has 0 saturated heterocycles. The lowest BCUT2D eigenvalue weighted by atomic mass is 10.2. The first-order valence-electron chi connectivity index (χ1n) is 5.83. The van der Waals surface area contributed by atoms with Crippen molar-refractivity contribution in [3.63, 3.8) is 0 Å². The third-order valence-electron chi connectivity index (χ3n) is 2.90. The van der Waals surface area contributed by atoms with E-state index in [1.54, 1.807) is 0 Å². The molecule has 2 N–H and O–H groups in total. The molecule has 3 nitrogen and oxygen atoms in total. The minimum atomic E-state index is 0.599. The van der Waals surface area contributed by atoms with Gasteiger partial charge >= 0.3 is 0 Å². The number of hydrogen-bond donors (Lipinski definition) is 1. The van der Waals surface area contributed by atoms with Gasteiger partial charge in [-0.25, -0.2) is 4.98 Å². The van der Waals surface area contributed by atoms with E-state index in [2.05, 4.69) is 25.8 Å². The quantitative estimate of drug-likeness (QED) is 0.841. The van der Waals surface area contributed by atoms with Gasteiger partial charge in [-0.05, 0) is 18.1 Å². The van der Waals surface area contributed by atoms with E-state index >= 15 is 0 Å². The number of para-hydroxylation sites is 1. The van der Waals surface area contributed by atoms with Crippen molar-refractivity contribution in [3.05, 3.63) is 24.1 Å². The van der Waals surface area contributed by atoms with Crippen LogP contribution < -0.4 is 5.73 Å². The van der Waals surface area contributed by atoms with E-state index in [0.717, 1.165) is 22.7 Å². The average molecular weight is 250 g/mol. The van der Waals surface area contributed by atoms with Gasteiger partial charge in [0.15, 0.2) is 5.58 Å². The van der Waals surface area contributed by atoms with Crippen LogP contribution in [0.15, 0.2) is 22.6 Å². The van der Waals surface area contributed by atoms with E-state index < -0.39 is 0 Å². The van der Waals surface area contributed by atoms with E-state index in [1.807, 2.05) is 30.0 Å². The molecule has 1 aromatic carbocycles. The van der Waals surface area contributed by atoms with Crippen molar-refractivity contribution in [1.29, 1.82) is 0 Å². The Labute approximate surface area is 106 Å². The first-order chi connectivity index (χ1) is 8.08. The lowest BCUT2D eigenvalue weighted by molar-refractivity contribution is 0.554. The van der Waals surface area contributed by atoms with Crippen molar-refractivity contribution >= 4 is 28.5 Å². The van der Waals surface area contributed by atoms with Gasteiger partial charge in [0.25, 0.3) is 0 Å². The number of rotatable bonds is 4. The van der Waals surface area contributed by atoms with Crippen molar-refractivity contribution in [3.8, 4) is 0 Å². The summed E-state index contributed by atoms with van der Waals surface area (Å²) in [5, 5.41) is 0.599. The maximum absolute atomic E-state index is 5.84. The van der Waals surface area contributed by atoms with Gasteiger partial charge in [0.1, 0.15) is 5.52 Å². The Kier molecular flexibility index (Phi) is 3.62. The number of benzene rings is 1. The van der Waals surface area contributed by atoms with Crippen LogP contribution in [0, 0.1) is 5.92 Å². The third-order valence-corrected chi connectivity index (χ3v) is 4.39. The molecule has 17 heavy (non-hydrogen) atoms. The first-order valence-corrected chi connectivity index (χ1v) is 6.88. The van der Waals surface area contributed by atoms with Crippen LogP contribution in [-0.2, 0) is 5.75 Å². The van der Waals surface area contributed by atoms with Crippen LogP contribution in [0.3, 0.4) is 0 Å². The first kappa shape index (κ1) is 12.3. The van der Waals surface area contributed by atoms with Crippen LogP contribution in [0.25, 0.3) is 11.1 Å².